The van der Waals surface area contributed by atoms with E-state index in [0.29, 0.717) is 18.4 Å². The number of aliphatic carboxylic acids is 1. The fourth-order valence-electron chi connectivity index (χ4n) is 1.91. The molecule has 110 valence electrons. The number of rotatable bonds is 5. The fraction of sp³-hybridized carbons (Fsp3) is 0.500. The standard InChI is InChI=1S/C14H22N4O2/c1-4-10(2)18-8-12(14(19)20)6-5-7-13(18)17-9-16-11(3)15/h8-10H,3-7,15H2,1-2H3,(H,19,20)/b16-9-,17-13+. The zero-order chi connectivity index (χ0) is 15.1. The van der Waals surface area contributed by atoms with Gasteiger partial charge in [0.2, 0.25) is 0 Å². The zero-order valence-corrected chi connectivity index (χ0v) is 12.0. The van der Waals surface area contributed by atoms with Gasteiger partial charge in [0, 0.05) is 18.7 Å². The summed E-state index contributed by atoms with van der Waals surface area (Å²) in [5.74, 6) is 0.129. The molecule has 0 bridgehead atoms. The first-order valence-electron chi connectivity index (χ1n) is 6.71. The van der Waals surface area contributed by atoms with Crippen LogP contribution in [0.1, 0.15) is 39.5 Å². The van der Waals surface area contributed by atoms with Crippen LogP contribution in [0.5, 0.6) is 0 Å². The van der Waals surface area contributed by atoms with Crippen LogP contribution in [-0.4, -0.2) is 34.2 Å². The lowest BCUT2D eigenvalue weighted by molar-refractivity contribution is -0.132. The molecular formula is C14H22N4O2. The number of nitrogens with zero attached hydrogens (tertiary/aromatic N) is 3. The van der Waals surface area contributed by atoms with Crippen molar-refractivity contribution in [3.63, 3.8) is 0 Å². The maximum Gasteiger partial charge on any atom is 0.333 e. The second-order valence-electron chi connectivity index (χ2n) is 4.76. The lowest BCUT2D eigenvalue weighted by Gasteiger charge is -2.27. The molecule has 6 heteroatoms. The number of aliphatic imine (C=N–C) groups is 2. The predicted octanol–water partition coefficient (Wildman–Crippen LogP) is 2.10. The van der Waals surface area contributed by atoms with Crippen molar-refractivity contribution >= 4 is 18.1 Å². The number of nitrogens with two attached hydrogens (primary N) is 1. The summed E-state index contributed by atoms with van der Waals surface area (Å²) in [6.45, 7) is 7.56. The molecule has 6 nitrogen and oxygen atoms in total. The first-order valence-corrected chi connectivity index (χ1v) is 6.71. The number of amidine groups is 1. The highest BCUT2D eigenvalue weighted by molar-refractivity contribution is 5.93. The summed E-state index contributed by atoms with van der Waals surface area (Å²) in [5.41, 5.74) is 5.77. The highest BCUT2D eigenvalue weighted by Crippen LogP contribution is 2.20. The summed E-state index contributed by atoms with van der Waals surface area (Å²) in [5, 5.41) is 9.18. The van der Waals surface area contributed by atoms with Gasteiger partial charge in [0.05, 0.1) is 5.57 Å². The summed E-state index contributed by atoms with van der Waals surface area (Å²) in [6, 6.07) is 0.177. The minimum absolute atomic E-state index is 0.177. The van der Waals surface area contributed by atoms with Gasteiger partial charge in [-0.2, -0.15) is 0 Å². The third kappa shape index (κ3) is 4.53. The van der Waals surface area contributed by atoms with E-state index in [9.17, 15) is 9.90 Å². The molecule has 0 aromatic rings. The SMILES string of the molecule is C=C(N)/N=C\N=C1/CCCC(C(=O)O)=CN1C(C)CC. The van der Waals surface area contributed by atoms with E-state index in [-0.39, 0.29) is 11.9 Å². The van der Waals surface area contributed by atoms with E-state index < -0.39 is 5.97 Å². The summed E-state index contributed by atoms with van der Waals surface area (Å²) >= 11 is 0. The minimum Gasteiger partial charge on any atom is -0.478 e. The fourth-order valence-corrected chi connectivity index (χ4v) is 1.91. The molecule has 1 unspecified atom stereocenters. The van der Waals surface area contributed by atoms with Gasteiger partial charge in [0.15, 0.2) is 0 Å². The van der Waals surface area contributed by atoms with E-state index in [0.717, 1.165) is 18.7 Å². The molecule has 0 saturated carbocycles. The van der Waals surface area contributed by atoms with Crippen molar-refractivity contribution in [2.45, 2.75) is 45.6 Å². The number of carboxylic acids is 1. The van der Waals surface area contributed by atoms with Crippen molar-refractivity contribution in [1.82, 2.24) is 4.90 Å². The van der Waals surface area contributed by atoms with Crippen LogP contribution < -0.4 is 5.73 Å². The van der Waals surface area contributed by atoms with Gasteiger partial charge in [-0.25, -0.2) is 14.8 Å². The normalized spacial score (nSPS) is 19.8. The summed E-state index contributed by atoms with van der Waals surface area (Å²) < 4.78 is 0. The van der Waals surface area contributed by atoms with Crippen LogP contribution in [0, 0.1) is 0 Å². The summed E-state index contributed by atoms with van der Waals surface area (Å²) in [4.78, 5) is 21.2. The van der Waals surface area contributed by atoms with Gasteiger partial charge in [0.1, 0.15) is 18.0 Å². The molecule has 0 aromatic carbocycles. The lowest BCUT2D eigenvalue weighted by atomic mass is 10.1. The van der Waals surface area contributed by atoms with Crippen molar-refractivity contribution in [1.29, 1.82) is 0 Å². The van der Waals surface area contributed by atoms with Crippen LogP contribution in [0.3, 0.4) is 0 Å². The minimum atomic E-state index is -0.872. The maximum atomic E-state index is 11.2. The Hall–Kier alpha value is -2.11. The second kappa shape index (κ2) is 7.47. The van der Waals surface area contributed by atoms with E-state index in [4.69, 9.17) is 5.73 Å². The average Bonchev–Trinajstić information content (AvgIpc) is 2.60. The van der Waals surface area contributed by atoms with Gasteiger partial charge in [0.25, 0.3) is 0 Å². The molecule has 1 aliphatic heterocycles. The van der Waals surface area contributed by atoms with E-state index >= 15 is 0 Å². The molecule has 0 amide bonds. The van der Waals surface area contributed by atoms with Crippen LogP contribution in [0.15, 0.2) is 34.2 Å². The van der Waals surface area contributed by atoms with E-state index in [1.54, 1.807) is 6.20 Å². The molecule has 0 aliphatic carbocycles. The first-order chi connectivity index (χ1) is 9.45. The van der Waals surface area contributed by atoms with Gasteiger partial charge >= 0.3 is 5.97 Å². The Balaban J connectivity index is 3.07. The Morgan fingerprint density at radius 1 is 1.65 bits per heavy atom. The third-order valence-electron chi connectivity index (χ3n) is 3.21. The van der Waals surface area contributed by atoms with Gasteiger partial charge in [-0.3, -0.25) is 0 Å². The maximum absolute atomic E-state index is 11.2. The van der Waals surface area contributed by atoms with Crippen LogP contribution in [0.4, 0.5) is 0 Å². The highest BCUT2D eigenvalue weighted by Gasteiger charge is 2.21. The highest BCUT2D eigenvalue weighted by atomic mass is 16.4. The molecule has 0 aromatic heterocycles. The molecule has 0 fully saturated rings. The Labute approximate surface area is 119 Å². The third-order valence-corrected chi connectivity index (χ3v) is 3.21. The topological polar surface area (TPSA) is 91.3 Å². The van der Waals surface area contributed by atoms with Gasteiger partial charge in [-0.1, -0.05) is 13.5 Å². The Bertz CT molecular complexity index is 466. The van der Waals surface area contributed by atoms with Crippen molar-refractivity contribution in [3.8, 4) is 0 Å². The molecule has 1 heterocycles. The zero-order valence-electron chi connectivity index (χ0n) is 12.0. The van der Waals surface area contributed by atoms with Crippen LogP contribution >= 0.6 is 0 Å². The van der Waals surface area contributed by atoms with Crippen molar-refractivity contribution in [3.05, 3.63) is 24.2 Å². The number of carboxylic acid groups (broad SMARTS) is 1. The average molecular weight is 278 g/mol. The van der Waals surface area contributed by atoms with Crippen LogP contribution in [0.25, 0.3) is 0 Å². The van der Waals surface area contributed by atoms with Crippen LogP contribution in [0.2, 0.25) is 0 Å². The number of carbonyl (C=O) groups is 1. The van der Waals surface area contributed by atoms with Crippen molar-refractivity contribution < 1.29 is 9.90 Å². The summed E-state index contributed by atoms with van der Waals surface area (Å²) in [7, 11) is 0. The monoisotopic (exact) mass is 278 g/mol. The molecule has 0 saturated heterocycles. The molecule has 1 rings (SSSR count). The number of hydrogen-bond donors (Lipinski definition) is 2. The first kappa shape index (κ1) is 15.9. The molecule has 0 spiro atoms. The Morgan fingerprint density at radius 3 is 2.90 bits per heavy atom. The van der Waals surface area contributed by atoms with Gasteiger partial charge < -0.3 is 15.7 Å². The molecule has 20 heavy (non-hydrogen) atoms. The van der Waals surface area contributed by atoms with E-state index in [1.807, 2.05) is 11.8 Å². The lowest BCUT2D eigenvalue weighted by Crippen LogP contribution is -2.33. The molecule has 0 radical (unpaired) electrons. The van der Waals surface area contributed by atoms with Gasteiger partial charge in [-0.15, -0.1) is 0 Å². The van der Waals surface area contributed by atoms with E-state index in [2.05, 4.69) is 23.5 Å². The summed E-state index contributed by atoms with van der Waals surface area (Å²) in [6.07, 6.45) is 5.95. The molecule has 3 N–H and O–H groups in total. The number of hydrogen-bond acceptors (Lipinski definition) is 3. The Morgan fingerprint density at radius 2 is 2.35 bits per heavy atom. The van der Waals surface area contributed by atoms with Crippen molar-refractivity contribution in [2.75, 3.05) is 0 Å². The predicted molar refractivity (Wildman–Crippen MR) is 80.4 cm³/mol. The van der Waals surface area contributed by atoms with Gasteiger partial charge in [-0.05, 0) is 26.2 Å². The second-order valence-corrected chi connectivity index (χ2v) is 4.76. The largest absolute Gasteiger partial charge is 0.478 e. The quantitative estimate of drug-likeness (QED) is 0.595. The Kier molecular flexibility index (Phi) is 5.96. The van der Waals surface area contributed by atoms with E-state index in [1.165, 1.54) is 6.34 Å². The van der Waals surface area contributed by atoms with Crippen molar-refractivity contribution in [2.24, 2.45) is 15.7 Å². The molecule has 1 atom stereocenters. The molecular weight excluding hydrogens is 256 g/mol. The molecule has 1 aliphatic rings. The smallest absolute Gasteiger partial charge is 0.333 e. The van der Waals surface area contributed by atoms with Crippen LogP contribution in [-0.2, 0) is 4.79 Å².